The van der Waals surface area contributed by atoms with Crippen LogP contribution >= 0.6 is 0 Å². The van der Waals surface area contributed by atoms with Crippen LogP contribution in [0, 0.1) is 29.1 Å². The van der Waals surface area contributed by atoms with Crippen LogP contribution in [0.5, 0.6) is 0 Å². The van der Waals surface area contributed by atoms with Crippen LogP contribution in [0.2, 0.25) is 0 Å². The van der Waals surface area contributed by atoms with E-state index in [4.69, 9.17) is 0 Å². The van der Waals surface area contributed by atoms with Crippen molar-refractivity contribution in [1.82, 2.24) is 0 Å². The molecule has 4 rings (SSSR count). The van der Waals surface area contributed by atoms with Crippen LogP contribution in [0.25, 0.3) is 11.1 Å². The zero-order valence-corrected chi connectivity index (χ0v) is 27.0. The monoisotopic (exact) mass is 583 g/mol. The molecule has 1 aliphatic carbocycles. The van der Waals surface area contributed by atoms with Gasteiger partial charge in [0.15, 0.2) is 0 Å². The molecule has 3 atom stereocenters. The molecule has 0 aliphatic heterocycles. The van der Waals surface area contributed by atoms with Gasteiger partial charge in [-0.25, -0.2) is 8.42 Å². The predicted octanol–water partition coefficient (Wildman–Crippen LogP) is 8.95. The third kappa shape index (κ3) is 8.81. The molecule has 0 aromatic heterocycles. The highest BCUT2D eigenvalue weighted by molar-refractivity contribution is 7.90. The Morgan fingerprint density at radius 3 is 2.43 bits per heavy atom. The fraction of sp³-hybridized carbons (Fsp3) is 0.500. The fourth-order valence-corrected chi connectivity index (χ4v) is 8.13. The van der Waals surface area contributed by atoms with Gasteiger partial charge in [-0.2, -0.15) is 5.26 Å². The molecular weight excluding hydrogens is 534 g/mol. The summed E-state index contributed by atoms with van der Waals surface area (Å²) in [7, 11) is -2.98. The Kier molecular flexibility index (Phi) is 11.4. The molecule has 0 spiro atoms. The maximum atomic E-state index is 12.0. The Labute approximate surface area is 255 Å². The van der Waals surface area contributed by atoms with Crippen molar-refractivity contribution in [3.63, 3.8) is 0 Å². The number of sulfone groups is 1. The molecule has 0 saturated carbocycles. The number of unbranched alkanes of at least 4 members (excludes halogenated alkanes) is 1. The lowest BCUT2D eigenvalue weighted by molar-refractivity contribution is 0.376. The van der Waals surface area contributed by atoms with Gasteiger partial charge < -0.3 is 0 Å². The number of benzene rings is 3. The van der Waals surface area contributed by atoms with Crippen LogP contribution in [0.3, 0.4) is 0 Å². The highest BCUT2D eigenvalue weighted by Gasteiger charge is 2.27. The normalized spacial score (nSPS) is 17.7. The highest BCUT2D eigenvalue weighted by Crippen LogP contribution is 2.33. The summed E-state index contributed by atoms with van der Waals surface area (Å²) >= 11 is 0. The molecule has 0 amide bonds. The molecule has 4 heteroatoms. The van der Waals surface area contributed by atoms with Crippen molar-refractivity contribution >= 4 is 9.84 Å². The van der Waals surface area contributed by atoms with E-state index in [1.165, 1.54) is 64.5 Å². The van der Waals surface area contributed by atoms with Gasteiger partial charge in [0.25, 0.3) is 0 Å². The summed E-state index contributed by atoms with van der Waals surface area (Å²) in [5.41, 5.74) is 10.3. The van der Waals surface area contributed by atoms with Crippen LogP contribution in [0.15, 0.2) is 60.7 Å². The molecule has 42 heavy (non-hydrogen) atoms. The van der Waals surface area contributed by atoms with Crippen molar-refractivity contribution in [3.05, 3.63) is 94.0 Å². The van der Waals surface area contributed by atoms with Crippen LogP contribution in [0.4, 0.5) is 0 Å². The standard InChI is InChI=1S/C38H49NO2S/c1-5-10-29(6-2)23-35-21-16-30(24-38(35)33-19-17-31(26-39)18-20-33)11-7-8-12-32-13-9-14-34-25-36(27-42(4,40)41)28(3)15-22-37(32)34/h9,13-14,16-21,24,28-29,36H,5-8,10-12,15,22-23,25,27H2,1-4H3. The van der Waals surface area contributed by atoms with E-state index in [1.54, 1.807) is 0 Å². The van der Waals surface area contributed by atoms with E-state index < -0.39 is 9.84 Å². The molecule has 0 N–H and O–H groups in total. The highest BCUT2D eigenvalue weighted by atomic mass is 32.2. The van der Waals surface area contributed by atoms with E-state index >= 15 is 0 Å². The van der Waals surface area contributed by atoms with Gasteiger partial charge in [-0.1, -0.05) is 88.6 Å². The Balaban J connectivity index is 1.45. The molecular formula is C38H49NO2S. The second-order valence-corrected chi connectivity index (χ2v) is 15.0. The zero-order valence-electron chi connectivity index (χ0n) is 26.2. The van der Waals surface area contributed by atoms with Crippen LogP contribution in [0.1, 0.15) is 92.7 Å². The summed E-state index contributed by atoms with van der Waals surface area (Å²) in [4.78, 5) is 0. The molecule has 3 aromatic rings. The van der Waals surface area contributed by atoms with Gasteiger partial charge in [0.1, 0.15) is 9.84 Å². The second-order valence-electron chi connectivity index (χ2n) is 12.8. The summed E-state index contributed by atoms with van der Waals surface area (Å²) in [6.45, 7) is 6.80. The first-order valence-electron chi connectivity index (χ1n) is 16.1. The van der Waals surface area contributed by atoms with Crippen molar-refractivity contribution in [1.29, 1.82) is 5.26 Å². The molecule has 0 heterocycles. The number of hydrogen-bond donors (Lipinski definition) is 0. The Morgan fingerprint density at radius 1 is 0.976 bits per heavy atom. The third-order valence-corrected chi connectivity index (χ3v) is 10.5. The van der Waals surface area contributed by atoms with Crippen LogP contribution in [-0.2, 0) is 41.9 Å². The Bertz CT molecular complexity index is 1470. The molecule has 1 aliphatic rings. The minimum Gasteiger partial charge on any atom is -0.229 e. The first kappa shape index (κ1) is 32.0. The molecule has 3 unspecified atom stereocenters. The van der Waals surface area contributed by atoms with Gasteiger partial charge in [-0.05, 0) is 120 Å². The fourth-order valence-electron chi connectivity index (χ4n) is 6.90. The number of fused-ring (bicyclic) bond motifs is 1. The topological polar surface area (TPSA) is 57.9 Å². The molecule has 0 bridgehead atoms. The van der Waals surface area contributed by atoms with Crippen LogP contribution < -0.4 is 0 Å². The quantitative estimate of drug-likeness (QED) is 0.149. The zero-order chi connectivity index (χ0) is 30.1. The first-order chi connectivity index (χ1) is 20.2. The predicted molar refractivity (Wildman–Crippen MR) is 176 cm³/mol. The smallest absolute Gasteiger partial charge is 0.147 e. The number of aryl methyl sites for hydroxylation is 2. The Morgan fingerprint density at radius 2 is 1.74 bits per heavy atom. The van der Waals surface area contributed by atoms with E-state index in [2.05, 4.69) is 75.4 Å². The summed E-state index contributed by atoms with van der Waals surface area (Å²) in [5, 5.41) is 9.28. The molecule has 3 nitrogen and oxygen atoms in total. The van der Waals surface area contributed by atoms with E-state index in [9.17, 15) is 13.7 Å². The number of hydrogen-bond acceptors (Lipinski definition) is 3. The minimum absolute atomic E-state index is 0.208. The van der Waals surface area contributed by atoms with Crippen LogP contribution in [-0.4, -0.2) is 20.4 Å². The van der Waals surface area contributed by atoms with Gasteiger partial charge >= 0.3 is 0 Å². The molecule has 0 radical (unpaired) electrons. The van der Waals surface area contributed by atoms with E-state index in [-0.39, 0.29) is 5.92 Å². The van der Waals surface area contributed by atoms with Gasteiger partial charge in [0.05, 0.1) is 17.4 Å². The maximum absolute atomic E-state index is 12.0. The molecule has 0 fully saturated rings. The number of nitrogens with zero attached hydrogens (tertiary/aromatic N) is 1. The first-order valence-corrected chi connectivity index (χ1v) is 18.2. The summed E-state index contributed by atoms with van der Waals surface area (Å²) < 4.78 is 24.1. The molecule has 224 valence electrons. The van der Waals surface area contributed by atoms with E-state index in [0.29, 0.717) is 23.2 Å². The van der Waals surface area contributed by atoms with Crippen molar-refractivity contribution < 1.29 is 8.42 Å². The summed E-state index contributed by atoms with van der Waals surface area (Å²) in [5.74, 6) is 1.62. The Hall–Kier alpha value is -2.90. The minimum atomic E-state index is -2.98. The van der Waals surface area contributed by atoms with E-state index in [0.717, 1.165) is 51.4 Å². The lowest BCUT2D eigenvalue weighted by atomic mass is 9.87. The largest absolute Gasteiger partial charge is 0.229 e. The van der Waals surface area contributed by atoms with Crippen molar-refractivity contribution in [2.75, 3.05) is 12.0 Å². The average Bonchev–Trinajstić information content (AvgIpc) is 3.13. The van der Waals surface area contributed by atoms with Crippen molar-refractivity contribution in [2.45, 2.75) is 91.4 Å². The van der Waals surface area contributed by atoms with E-state index in [1.807, 2.05) is 12.1 Å². The summed E-state index contributed by atoms with van der Waals surface area (Å²) in [6.07, 6.45) is 13.5. The van der Waals surface area contributed by atoms with Gasteiger partial charge in [-0.3, -0.25) is 0 Å². The lowest BCUT2D eigenvalue weighted by Crippen LogP contribution is -2.22. The lowest BCUT2D eigenvalue weighted by Gasteiger charge is -2.20. The molecule has 3 aromatic carbocycles. The third-order valence-electron chi connectivity index (χ3n) is 9.47. The maximum Gasteiger partial charge on any atom is 0.147 e. The van der Waals surface area contributed by atoms with Crippen molar-refractivity contribution in [2.24, 2.45) is 17.8 Å². The summed E-state index contributed by atoms with van der Waals surface area (Å²) in [6, 6.07) is 24.1. The van der Waals surface area contributed by atoms with Gasteiger partial charge in [0, 0.05) is 6.26 Å². The second kappa shape index (κ2) is 15.0. The number of rotatable bonds is 13. The molecule has 0 saturated heterocycles. The van der Waals surface area contributed by atoms with Crippen molar-refractivity contribution in [3.8, 4) is 17.2 Å². The number of nitriles is 1. The average molecular weight is 584 g/mol. The van der Waals surface area contributed by atoms with Gasteiger partial charge in [0.2, 0.25) is 0 Å². The van der Waals surface area contributed by atoms with Gasteiger partial charge in [-0.15, -0.1) is 0 Å². The SMILES string of the molecule is CCCC(CC)Cc1ccc(CCCCc2cccc3c2CCC(C)C(CS(C)(=O)=O)C3)cc1-c1ccc(C#N)cc1.